The van der Waals surface area contributed by atoms with Gasteiger partial charge in [0.2, 0.25) is 0 Å². The number of halogens is 1. The molecule has 0 saturated carbocycles. The van der Waals surface area contributed by atoms with Gasteiger partial charge in [-0.25, -0.2) is 0 Å². The fourth-order valence-electron chi connectivity index (χ4n) is 2.20. The number of nitrogens with one attached hydrogen (secondary N) is 1. The number of hydrogen-bond donors (Lipinski definition) is 1. The molecule has 1 aliphatic heterocycles. The van der Waals surface area contributed by atoms with Crippen LogP contribution in [0.25, 0.3) is 23.2 Å². The van der Waals surface area contributed by atoms with Crippen LogP contribution >= 0.6 is 11.6 Å². The zero-order chi connectivity index (χ0) is 15.2. The van der Waals surface area contributed by atoms with E-state index in [0.29, 0.717) is 0 Å². The van der Waals surface area contributed by atoms with Crippen LogP contribution in [0.1, 0.15) is 0 Å². The highest BCUT2D eigenvalue weighted by Crippen LogP contribution is 2.19. The molecule has 2 heterocycles. The minimum atomic E-state index is 0.760. The van der Waals surface area contributed by atoms with Crippen LogP contribution in [-0.4, -0.2) is 4.98 Å². The Hall–Kier alpha value is -2.58. The van der Waals surface area contributed by atoms with Gasteiger partial charge in [0, 0.05) is 24.0 Å². The van der Waals surface area contributed by atoms with Crippen LogP contribution in [0.2, 0.25) is 5.02 Å². The monoisotopic (exact) mass is 306 g/mol. The van der Waals surface area contributed by atoms with Crippen LogP contribution in [0.15, 0.2) is 73.1 Å². The summed E-state index contributed by atoms with van der Waals surface area (Å²) in [6.45, 7) is 0. The third kappa shape index (κ3) is 3.35. The number of rotatable bonds is 0. The highest BCUT2D eigenvalue weighted by Gasteiger charge is 1.95. The van der Waals surface area contributed by atoms with Gasteiger partial charge in [-0.15, -0.1) is 0 Å². The maximum absolute atomic E-state index is 5.92. The third-order valence-corrected chi connectivity index (χ3v) is 3.63. The number of allylic oxidation sites excluding steroid dienone is 1. The lowest BCUT2D eigenvalue weighted by molar-refractivity contribution is 1.28. The van der Waals surface area contributed by atoms with Crippen molar-refractivity contribution in [2.45, 2.75) is 0 Å². The highest BCUT2D eigenvalue weighted by molar-refractivity contribution is 6.35. The molecule has 1 N–H and O–H groups in total. The lowest BCUT2D eigenvalue weighted by atomic mass is 10.2. The van der Waals surface area contributed by atoms with Crippen LogP contribution in [0.4, 0.5) is 0 Å². The van der Waals surface area contributed by atoms with E-state index in [0.717, 1.165) is 15.9 Å². The molecule has 1 aliphatic rings. The average molecular weight is 307 g/mol. The molecule has 0 atom stereocenters. The normalized spacial score (nSPS) is 11.9. The summed E-state index contributed by atoms with van der Waals surface area (Å²) < 4.78 is 0. The quantitative estimate of drug-likeness (QED) is 0.690. The summed E-state index contributed by atoms with van der Waals surface area (Å²) in [5, 5.41) is 7.33. The molecule has 0 aliphatic carbocycles. The van der Waals surface area contributed by atoms with Gasteiger partial charge in [0.05, 0.1) is 10.5 Å². The third-order valence-electron chi connectivity index (χ3n) is 3.30. The molecule has 0 fully saturated rings. The standard InChI is InChI=1S/C10H9N.C9H6ClN/c1-2-5-10-8-11-7-3-6-9(10)4-1;10-8-5-6-11-9-4-2-1-3-7(8)9/h1-8,11H;1-6H. The van der Waals surface area contributed by atoms with E-state index in [2.05, 4.69) is 28.5 Å². The molecule has 108 valence electrons. The van der Waals surface area contributed by atoms with E-state index in [1.807, 2.05) is 54.9 Å². The molecule has 3 aromatic rings. The summed E-state index contributed by atoms with van der Waals surface area (Å²) in [5.41, 5.74) is 0.944. The van der Waals surface area contributed by atoms with E-state index in [-0.39, 0.29) is 0 Å². The largest absolute Gasteiger partial charge is 0.367 e. The minimum absolute atomic E-state index is 0.760. The van der Waals surface area contributed by atoms with Crippen LogP contribution in [0.3, 0.4) is 0 Å². The van der Waals surface area contributed by atoms with E-state index in [1.165, 1.54) is 10.4 Å². The lowest BCUT2D eigenvalue weighted by Gasteiger charge is -1.96. The summed E-state index contributed by atoms with van der Waals surface area (Å²) in [5.74, 6) is 0. The van der Waals surface area contributed by atoms with Gasteiger partial charge in [0.1, 0.15) is 0 Å². The van der Waals surface area contributed by atoms with Crippen molar-refractivity contribution < 1.29 is 0 Å². The van der Waals surface area contributed by atoms with Gasteiger partial charge in [0.25, 0.3) is 0 Å². The topological polar surface area (TPSA) is 24.9 Å². The van der Waals surface area contributed by atoms with E-state index < -0.39 is 0 Å². The molecule has 2 nitrogen and oxygen atoms in total. The number of hydrogen-bond acceptors (Lipinski definition) is 2. The zero-order valence-corrected chi connectivity index (χ0v) is 12.7. The molecule has 0 saturated heterocycles. The first-order chi connectivity index (χ1) is 10.8. The summed E-state index contributed by atoms with van der Waals surface area (Å²) >= 11 is 5.92. The second-order valence-electron chi connectivity index (χ2n) is 4.78. The molecule has 0 bridgehead atoms. The first kappa shape index (κ1) is 14.4. The first-order valence-electron chi connectivity index (χ1n) is 7.02. The Morgan fingerprint density at radius 3 is 2.50 bits per heavy atom. The van der Waals surface area contributed by atoms with E-state index in [9.17, 15) is 0 Å². The number of para-hydroxylation sites is 1. The maximum atomic E-state index is 5.92. The fraction of sp³-hybridized carbons (Fsp3) is 0. The van der Waals surface area contributed by atoms with Crippen LogP contribution in [0, 0.1) is 0 Å². The molecule has 0 spiro atoms. The minimum Gasteiger partial charge on any atom is -0.367 e. The molecular weight excluding hydrogens is 292 g/mol. The Balaban J connectivity index is 0.000000131. The molecule has 3 heteroatoms. The van der Waals surface area contributed by atoms with Gasteiger partial charge in [-0.05, 0) is 28.6 Å². The Morgan fingerprint density at radius 1 is 0.864 bits per heavy atom. The van der Waals surface area contributed by atoms with Gasteiger partial charge in [0.15, 0.2) is 0 Å². The molecule has 1 aromatic heterocycles. The van der Waals surface area contributed by atoms with Gasteiger partial charge < -0.3 is 5.32 Å². The van der Waals surface area contributed by atoms with Crippen molar-refractivity contribution in [3.05, 3.63) is 88.5 Å². The van der Waals surface area contributed by atoms with Crippen molar-refractivity contribution in [1.29, 1.82) is 0 Å². The molecule has 22 heavy (non-hydrogen) atoms. The van der Waals surface area contributed by atoms with Gasteiger partial charge >= 0.3 is 0 Å². The number of benzene rings is 2. The average Bonchev–Trinajstić information content (AvgIpc) is 2.81. The first-order valence-corrected chi connectivity index (χ1v) is 7.40. The van der Waals surface area contributed by atoms with Crippen molar-refractivity contribution in [3.8, 4) is 0 Å². The summed E-state index contributed by atoms with van der Waals surface area (Å²) in [7, 11) is 0. The van der Waals surface area contributed by atoms with E-state index in [4.69, 9.17) is 11.6 Å². The molecule has 0 unspecified atom stereocenters. The number of nitrogens with zero attached hydrogens (tertiary/aromatic N) is 1. The Kier molecular flexibility index (Phi) is 4.52. The van der Waals surface area contributed by atoms with Crippen molar-refractivity contribution in [2.24, 2.45) is 0 Å². The molecular formula is C19H15ClN2. The van der Waals surface area contributed by atoms with Gasteiger partial charge in [-0.2, -0.15) is 0 Å². The molecule has 2 aromatic carbocycles. The summed E-state index contributed by atoms with van der Waals surface area (Å²) in [4.78, 5) is 4.16. The fourth-order valence-corrected chi connectivity index (χ4v) is 2.42. The van der Waals surface area contributed by atoms with Gasteiger partial charge in [-0.3, -0.25) is 4.98 Å². The zero-order valence-electron chi connectivity index (χ0n) is 11.9. The van der Waals surface area contributed by atoms with Crippen molar-refractivity contribution in [2.75, 3.05) is 0 Å². The Labute approximate surface area is 134 Å². The number of pyridine rings is 1. The van der Waals surface area contributed by atoms with Crippen LogP contribution in [0.5, 0.6) is 0 Å². The van der Waals surface area contributed by atoms with E-state index in [1.54, 1.807) is 12.3 Å². The van der Waals surface area contributed by atoms with E-state index >= 15 is 0 Å². The molecule has 0 amide bonds. The number of fused-ring (bicyclic) bond motifs is 2. The van der Waals surface area contributed by atoms with Crippen molar-refractivity contribution in [3.63, 3.8) is 0 Å². The van der Waals surface area contributed by atoms with Gasteiger partial charge in [-0.1, -0.05) is 60.1 Å². The highest BCUT2D eigenvalue weighted by atomic mass is 35.5. The second-order valence-corrected chi connectivity index (χ2v) is 5.18. The smallest absolute Gasteiger partial charge is 0.0716 e. The predicted molar refractivity (Wildman–Crippen MR) is 93.7 cm³/mol. The van der Waals surface area contributed by atoms with Crippen LogP contribution in [-0.2, 0) is 0 Å². The second kappa shape index (κ2) is 6.92. The maximum Gasteiger partial charge on any atom is 0.0716 e. The SMILES string of the molecule is C1=CNC=c2ccccc2=C1.Clc1ccnc2ccccc12. The van der Waals surface area contributed by atoms with Crippen molar-refractivity contribution >= 4 is 34.8 Å². The van der Waals surface area contributed by atoms with Crippen LogP contribution < -0.4 is 15.8 Å². The lowest BCUT2D eigenvalue weighted by Crippen LogP contribution is -2.24. The number of aromatic nitrogens is 1. The molecule has 0 radical (unpaired) electrons. The summed E-state index contributed by atoms with van der Waals surface area (Å²) in [6.07, 6.45) is 9.72. The predicted octanol–water partition coefficient (Wildman–Crippen LogP) is 3.21. The van der Waals surface area contributed by atoms with Crippen molar-refractivity contribution in [1.82, 2.24) is 10.3 Å². The summed E-state index contributed by atoms with van der Waals surface area (Å²) in [6, 6.07) is 17.9. The molecule has 4 rings (SSSR count). The Bertz CT molecular complexity index is 924. The Morgan fingerprint density at radius 2 is 1.64 bits per heavy atom.